The molecule has 0 amide bonds. The van der Waals surface area contributed by atoms with Gasteiger partial charge in [-0.2, -0.15) is 13.2 Å². The molecule has 0 aromatic heterocycles. The average molecular weight is 233 g/mol. The fourth-order valence-electron chi connectivity index (χ4n) is 1.23. The van der Waals surface area contributed by atoms with E-state index in [9.17, 15) is 13.2 Å². The molecule has 0 heterocycles. The van der Waals surface area contributed by atoms with E-state index in [0.29, 0.717) is 6.54 Å². The Hall–Kier alpha value is -1.07. The molecule has 16 heavy (non-hydrogen) atoms. The van der Waals surface area contributed by atoms with Crippen LogP contribution in [0.3, 0.4) is 0 Å². The second-order valence-electron chi connectivity index (χ2n) is 3.52. The number of hydrogen-bond donors (Lipinski definition) is 2. The molecule has 90 valence electrons. The fraction of sp³-hybridized carbons (Fsp3) is 0.455. The molecule has 1 aromatic carbocycles. The standard InChI is InChI=1S/C11H14F3NO/c12-11(13,14)5-6-15-7-9-1-3-10(8-16)4-2-9/h1-4,15-16H,5-8H2. The molecule has 0 radical (unpaired) electrons. The predicted molar refractivity (Wildman–Crippen MR) is 54.7 cm³/mol. The number of alkyl halides is 3. The number of hydrogen-bond acceptors (Lipinski definition) is 2. The fourth-order valence-corrected chi connectivity index (χ4v) is 1.23. The van der Waals surface area contributed by atoms with E-state index in [1.54, 1.807) is 24.3 Å². The lowest BCUT2D eigenvalue weighted by Crippen LogP contribution is -2.21. The number of nitrogens with one attached hydrogen (secondary N) is 1. The van der Waals surface area contributed by atoms with Crippen LogP contribution in [0, 0.1) is 0 Å². The van der Waals surface area contributed by atoms with E-state index in [1.807, 2.05) is 0 Å². The second-order valence-corrected chi connectivity index (χ2v) is 3.52. The lowest BCUT2D eigenvalue weighted by molar-refractivity contribution is -0.133. The first kappa shape index (κ1) is 13.0. The lowest BCUT2D eigenvalue weighted by atomic mass is 10.1. The van der Waals surface area contributed by atoms with Crippen molar-refractivity contribution >= 4 is 0 Å². The normalized spacial score (nSPS) is 11.8. The quantitative estimate of drug-likeness (QED) is 0.764. The summed E-state index contributed by atoms with van der Waals surface area (Å²) in [5, 5.41) is 11.5. The van der Waals surface area contributed by atoms with E-state index in [2.05, 4.69) is 5.32 Å². The number of aliphatic hydroxyl groups excluding tert-OH is 1. The third-order valence-electron chi connectivity index (χ3n) is 2.12. The SMILES string of the molecule is OCc1ccc(CNCCC(F)(F)F)cc1. The lowest BCUT2D eigenvalue weighted by Gasteiger charge is -2.08. The van der Waals surface area contributed by atoms with Crippen molar-refractivity contribution in [3.8, 4) is 0 Å². The van der Waals surface area contributed by atoms with Crippen LogP contribution in [0.25, 0.3) is 0 Å². The average Bonchev–Trinajstić information content (AvgIpc) is 2.24. The highest BCUT2D eigenvalue weighted by Gasteiger charge is 2.25. The summed E-state index contributed by atoms with van der Waals surface area (Å²) in [4.78, 5) is 0. The van der Waals surface area contributed by atoms with Crippen molar-refractivity contribution in [2.45, 2.75) is 25.7 Å². The van der Waals surface area contributed by atoms with Gasteiger partial charge in [0.05, 0.1) is 13.0 Å². The third-order valence-corrected chi connectivity index (χ3v) is 2.12. The molecule has 2 N–H and O–H groups in total. The van der Waals surface area contributed by atoms with E-state index >= 15 is 0 Å². The molecule has 0 bridgehead atoms. The highest BCUT2D eigenvalue weighted by Crippen LogP contribution is 2.18. The molecular formula is C11H14F3NO. The summed E-state index contributed by atoms with van der Waals surface area (Å²) in [7, 11) is 0. The van der Waals surface area contributed by atoms with Crippen LogP contribution in [0.2, 0.25) is 0 Å². The molecular weight excluding hydrogens is 219 g/mol. The first-order chi connectivity index (χ1) is 7.51. The molecule has 0 fully saturated rings. The minimum Gasteiger partial charge on any atom is -0.392 e. The number of rotatable bonds is 5. The van der Waals surface area contributed by atoms with E-state index in [0.717, 1.165) is 11.1 Å². The van der Waals surface area contributed by atoms with Gasteiger partial charge < -0.3 is 10.4 Å². The van der Waals surface area contributed by atoms with E-state index in [4.69, 9.17) is 5.11 Å². The molecule has 1 rings (SSSR count). The van der Waals surface area contributed by atoms with Crippen molar-refractivity contribution in [3.05, 3.63) is 35.4 Å². The molecule has 0 atom stereocenters. The molecule has 0 saturated carbocycles. The Kier molecular flexibility index (Phi) is 4.76. The second kappa shape index (κ2) is 5.86. The van der Waals surface area contributed by atoms with Gasteiger partial charge in [0, 0.05) is 13.1 Å². The van der Waals surface area contributed by atoms with Crippen molar-refractivity contribution in [3.63, 3.8) is 0 Å². The molecule has 0 unspecified atom stereocenters. The highest BCUT2D eigenvalue weighted by atomic mass is 19.4. The van der Waals surface area contributed by atoms with E-state index in [-0.39, 0.29) is 13.2 Å². The maximum absolute atomic E-state index is 11.8. The van der Waals surface area contributed by atoms with Gasteiger partial charge >= 0.3 is 6.18 Å². The summed E-state index contributed by atoms with van der Waals surface area (Å²) in [5.41, 5.74) is 1.69. The van der Waals surface area contributed by atoms with Gasteiger partial charge in [-0.25, -0.2) is 0 Å². The Morgan fingerprint density at radius 3 is 2.12 bits per heavy atom. The maximum atomic E-state index is 11.8. The van der Waals surface area contributed by atoms with E-state index in [1.165, 1.54) is 0 Å². The van der Waals surface area contributed by atoms with Crippen molar-refractivity contribution < 1.29 is 18.3 Å². The van der Waals surface area contributed by atoms with Gasteiger partial charge in [0.1, 0.15) is 0 Å². The smallest absolute Gasteiger partial charge is 0.390 e. The molecule has 0 spiro atoms. The van der Waals surface area contributed by atoms with Crippen molar-refractivity contribution in [2.75, 3.05) is 6.54 Å². The van der Waals surface area contributed by atoms with E-state index < -0.39 is 12.6 Å². The minimum atomic E-state index is -4.10. The van der Waals surface area contributed by atoms with Gasteiger partial charge in [0.2, 0.25) is 0 Å². The third kappa shape index (κ3) is 5.14. The largest absolute Gasteiger partial charge is 0.392 e. The maximum Gasteiger partial charge on any atom is 0.390 e. The molecule has 2 nitrogen and oxygen atoms in total. The minimum absolute atomic E-state index is 0.0260. The van der Waals surface area contributed by atoms with Gasteiger partial charge in [-0.3, -0.25) is 0 Å². The Balaban J connectivity index is 2.27. The highest BCUT2D eigenvalue weighted by molar-refractivity contribution is 5.21. The molecule has 0 saturated heterocycles. The van der Waals surface area contributed by atoms with Gasteiger partial charge in [0.25, 0.3) is 0 Å². The Morgan fingerprint density at radius 2 is 1.62 bits per heavy atom. The zero-order chi connectivity index (χ0) is 12.0. The number of aliphatic hydroxyl groups is 1. The zero-order valence-electron chi connectivity index (χ0n) is 8.72. The molecule has 0 aliphatic heterocycles. The van der Waals surface area contributed by atoms with Crippen LogP contribution in [-0.4, -0.2) is 17.8 Å². The van der Waals surface area contributed by atoms with Crippen LogP contribution in [0.1, 0.15) is 17.5 Å². The summed E-state index contributed by atoms with van der Waals surface area (Å²) in [6.45, 7) is 0.300. The predicted octanol–water partition coefficient (Wildman–Crippen LogP) is 2.22. The van der Waals surface area contributed by atoms with Crippen LogP contribution >= 0.6 is 0 Å². The van der Waals surface area contributed by atoms with Crippen LogP contribution in [0.4, 0.5) is 13.2 Å². The summed E-state index contributed by atoms with van der Waals surface area (Å²) in [5.74, 6) is 0. The molecule has 5 heteroatoms. The first-order valence-electron chi connectivity index (χ1n) is 4.97. The van der Waals surface area contributed by atoms with Crippen LogP contribution in [0.5, 0.6) is 0 Å². The van der Waals surface area contributed by atoms with Crippen molar-refractivity contribution in [1.82, 2.24) is 5.32 Å². The Labute approximate surface area is 92.1 Å². The number of halogens is 3. The molecule has 1 aromatic rings. The van der Waals surface area contributed by atoms with Gasteiger partial charge in [-0.1, -0.05) is 24.3 Å². The van der Waals surface area contributed by atoms with Crippen molar-refractivity contribution in [2.24, 2.45) is 0 Å². The Bertz CT molecular complexity index is 308. The first-order valence-corrected chi connectivity index (χ1v) is 4.97. The van der Waals surface area contributed by atoms with Gasteiger partial charge in [0.15, 0.2) is 0 Å². The Morgan fingerprint density at radius 1 is 1.06 bits per heavy atom. The van der Waals surface area contributed by atoms with Crippen molar-refractivity contribution in [1.29, 1.82) is 0 Å². The monoisotopic (exact) mass is 233 g/mol. The van der Waals surface area contributed by atoms with Crippen LogP contribution < -0.4 is 5.32 Å². The van der Waals surface area contributed by atoms with Gasteiger partial charge in [-0.05, 0) is 11.1 Å². The van der Waals surface area contributed by atoms with Crippen LogP contribution in [-0.2, 0) is 13.2 Å². The van der Waals surface area contributed by atoms with Gasteiger partial charge in [-0.15, -0.1) is 0 Å². The topological polar surface area (TPSA) is 32.3 Å². The summed E-state index contributed by atoms with van der Waals surface area (Å²) in [6, 6.07) is 7.07. The van der Waals surface area contributed by atoms with Crippen LogP contribution in [0.15, 0.2) is 24.3 Å². The molecule has 0 aliphatic carbocycles. The summed E-state index contributed by atoms with van der Waals surface area (Å²) < 4.78 is 35.4. The summed E-state index contributed by atoms with van der Waals surface area (Å²) in [6.07, 6.45) is -4.92. The number of benzene rings is 1. The zero-order valence-corrected chi connectivity index (χ0v) is 8.72. The molecule has 0 aliphatic rings. The summed E-state index contributed by atoms with van der Waals surface area (Å²) >= 11 is 0.